The number of carbonyl (C=O) groups excluding carboxylic acids is 1. The second-order valence-corrected chi connectivity index (χ2v) is 8.42. The molecule has 0 unspecified atom stereocenters. The standard InChI is InChI=1S/C24H31N3O3S.ClH/c1-6-26(7-2)12-13-27(22(28)16-30-21-11-9-8-10-20(21)29-5)24-25-19-15-17(3)14-18(4)23(19)31-24;/h8-11,14-15H,6-7,12-13,16H2,1-5H3;1H. The van der Waals surface area contributed by atoms with Gasteiger partial charge in [-0.25, -0.2) is 4.98 Å². The number of aromatic nitrogens is 1. The van der Waals surface area contributed by atoms with Crippen molar-refractivity contribution >= 4 is 45.0 Å². The lowest BCUT2D eigenvalue weighted by Crippen LogP contribution is -2.41. The number of nitrogens with zero attached hydrogens (tertiary/aromatic N) is 3. The first-order valence-electron chi connectivity index (χ1n) is 10.6. The maximum absolute atomic E-state index is 13.2. The number of fused-ring (bicyclic) bond motifs is 1. The molecule has 32 heavy (non-hydrogen) atoms. The quantitative estimate of drug-likeness (QED) is 0.406. The van der Waals surface area contributed by atoms with E-state index in [-0.39, 0.29) is 24.9 Å². The Balaban J connectivity index is 0.00000363. The zero-order valence-corrected chi connectivity index (χ0v) is 21.0. The highest BCUT2D eigenvalue weighted by atomic mass is 35.5. The molecule has 0 spiro atoms. The van der Waals surface area contributed by atoms with E-state index in [0.29, 0.717) is 23.2 Å². The van der Waals surface area contributed by atoms with Crippen molar-refractivity contribution in [2.24, 2.45) is 0 Å². The summed E-state index contributed by atoms with van der Waals surface area (Å²) in [6, 6.07) is 11.6. The lowest BCUT2D eigenvalue weighted by Gasteiger charge is -2.24. The molecular weight excluding hydrogens is 446 g/mol. The first kappa shape index (κ1) is 25.9. The molecule has 174 valence electrons. The van der Waals surface area contributed by atoms with Gasteiger partial charge in [0.25, 0.3) is 5.91 Å². The van der Waals surface area contributed by atoms with Gasteiger partial charge >= 0.3 is 0 Å². The van der Waals surface area contributed by atoms with Crippen LogP contribution in [0.5, 0.6) is 11.5 Å². The minimum absolute atomic E-state index is 0. The highest BCUT2D eigenvalue weighted by Gasteiger charge is 2.22. The molecule has 0 saturated carbocycles. The van der Waals surface area contributed by atoms with Crippen molar-refractivity contribution < 1.29 is 14.3 Å². The molecule has 0 radical (unpaired) electrons. The van der Waals surface area contributed by atoms with Crippen LogP contribution in [-0.4, -0.2) is 55.7 Å². The van der Waals surface area contributed by atoms with Crippen molar-refractivity contribution in [2.45, 2.75) is 27.7 Å². The van der Waals surface area contributed by atoms with Gasteiger partial charge < -0.3 is 14.4 Å². The molecule has 1 heterocycles. The number of likely N-dealkylation sites (N-methyl/N-ethyl adjacent to an activating group) is 1. The maximum Gasteiger partial charge on any atom is 0.266 e. The Morgan fingerprint density at radius 1 is 1.06 bits per heavy atom. The number of carbonyl (C=O) groups is 1. The molecule has 0 N–H and O–H groups in total. The summed E-state index contributed by atoms with van der Waals surface area (Å²) in [5, 5.41) is 0.712. The summed E-state index contributed by atoms with van der Waals surface area (Å²) in [5.74, 6) is 1.04. The van der Waals surface area contributed by atoms with Gasteiger partial charge in [0.1, 0.15) is 0 Å². The van der Waals surface area contributed by atoms with Crippen molar-refractivity contribution in [3.05, 3.63) is 47.5 Å². The molecule has 3 aromatic rings. The molecule has 0 fully saturated rings. The summed E-state index contributed by atoms with van der Waals surface area (Å²) in [6.07, 6.45) is 0. The van der Waals surface area contributed by atoms with E-state index in [0.717, 1.165) is 29.9 Å². The second kappa shape index (κ2) is 12.0. The number of aryl methyl sites for hydroxylation is 2. The first-order chi connectivity index (χ1) is 15.0. The Morgan fingerprint density at radius 3 is 2.41 bits per heavy atom. The SMILES string of the molecule is CCN(CC)CCN(C(=O)COc1ccccc1OC)c1nc2cc(C)cc(C)c2s1.Cl. The summed E-state index contributed by atoms with van der Waals surface area (Å²) in [6.45, 7) is 11.6. The molecule has 0 aliphatic carbocycles. The van der Waals surface area contributed by atoms with Crippen molar-refractivity contribution in [1.82, 2.24) is 9.88 Å². The Bertz CT molecular complexity index is 1040. The van der Waals surface area contributed by atoms with Crippen LogP contribution in [0.15, 0.2) is 36.4 Å². The van der Waals surface area contributed by atoms with Crippen LogP contribution in [0, 0.1) is 13.8 Å². The fourth-order valence-electron chi connectivity index (χ4n) is 3.54. The van der Waals surface area contributed by atoms with Crippen LogP contribution in [-0.2, 0) is 4.79 Å². The van der Waals surface area contributed by atoms with Gasteiger partial charge in [-0.15, -0.1) is 12.4 Å². The number of anilines is 1. The monoisotopic (exact) mass is 477 g/mol. The zero-order valence-electron chi connectivity index (χ0n) is 19.4. The highest BCUT2D eigenvalue weighted by molar-refractivity contribution is 7.22. The lowest BCUT2D eigenvalue weighted by molar-refractivity contribution is -0.120. The minimum atomic E-state index is -0.119. The number of halogens is 1. The summed E-state index contributed by atoms with van der Waals surface area (Å²) in [5.41, 5.74) is 3.28. The summed E-state index contributed by atoms with van der Waals surface area (Å²) >= 11 is 1.56. The largest absolute Gasteiger partial charge is 0.493 e. The van der Waals surface area contributed by atoms with Gasteiger partial charge in [0.2, 0.25) is 0 Å². The molecular formula is C24H32ClN3O3S. The average molecular weight is 478 g/mol. The van der Waals surface area contributed by atoms with E-state index in [1.54, 1.807) is 29.4 Å². The third-order valence-electron chi connectivity index (χ3n) is 5.30. The Labute approximate surface area is 200 Å². The normalized spacial score (nSPS) is 10.8. The van der Waals surface area contributed by atoms with Gasteiger partial charge in [-0.05, 0) is 56.3 Å². The van der Waals surface area contributed by atoms with Crippen LogP contribution in [0.1, 0.15) is 25.0 Å². The van der Waals surface area contributed by atoms with E-state index in [1.165, 1.54) is 11.1 Å². The number of thiazole rings is 1. The Morgan fingerprint density at radius 2 is 1.75 bits per heavy atom. The van der Waals surface area contributed by atoms with Crippen LogP contribution >= 0.6 is 23.7 Å². The van der Waals surface area contributed by atoms with Crippen LogP contribution in [0.2, 0.25) is 0 Å². The van der Waals surface area contributed by atoms with Crippen molar-refractivity contribution in [3.63, 3.8) is 0 Å². The van der Waals surface area contributed by atoms with E-state index in [2.05, 4.69) is 44.7 Å². The van der Waals surface area contributed by atoms with Gasteiger partial charge in [0.15, 0.2) is 23.2 Å². The van der Waals surface area contributed by atoms with Gasteiger partial charge in [-0.3, -0.25) is 9.69 Å². The molecule has 8 heteroatoms. The molecule has 0 bridgehead atoms. The second-order valence-electron chi connectivity index (χ2n) is 7.44. The molecule has 6 nitrogen and oxygen atoms in total. The minimum Gasteiger partial charge on any atom is -0.493 e. The summed E-state index contributed by atoms with van der Waals surface area (Å²) in [4.78, 5) is 22.1. The zero-order chi connectivity index (χ0) is 22.4. The number of hydrogen-bond acceptors (Lipinski definition) is 6. The smallest absolute Gasteiger partial charge is 0.266 e. The molecule has 0 aliphatic rings. The fraction of sp³-hybridized carbons (Fsp3) is 0.417. The molecule has 2 aromatic carbocycles. The third kappa shape index (κ3) is 6.12. The molecule has 0 atom stereocenters. The van der Waals surface area contributed by atoms with Crippen LogP contribution in [0.4, 0.5) is 5.13 Å². The molecule has 1 aromatic heterocycles. The molecule has 1 amide bonds. The maximum atomic E-state index is 13.2. The number of benzene rings is 2. The number of para-hydroxylation sites is 2. The molecule has 3 rings (SSSR count). The topological polar surface area (TPSA) is 54.9 Å². The number of ether oxygens (including phenoxy) is 2. The predicted octanol–water partition coefficient (Wildman–Crippen LogP) is 5.10. The number of amides is 1. The van der Waals surface area contributed by atoms with E-state index < -0.39 is 0 Å². The summed E-state index contributed by atoms with van der Waals surface area (Å²) < 4.78 is 12.3. The van der Waals surface area contributed by atoms with Gasteiger partial charge in [-0.1, -0.05) is 43.4 Å². The predicted molar refractivity (Wildman–Crippen MR) is 135 cm³/mol. The highest BCUT2D eigenvalue weighted by Crippen LogP contribution is 2.32. The Hall–Kier alpha value is -2.35. The number of rotatable bonds is 10. The van der Waals surface area contributed by atoms with Crippen LogP contribution in [0.3, 0.4) is 0 Å². The average Bonchev–Trinajstić information content (AvgIpc) is 3.19. The van der Waals surface area contributed by atoms with Gasteiger partial charge in [0.05, 0.1) is 17.3 Å². The summed E-state index contributed by atoms with van der Waals surface area (Å²) in [7, 11) is 1.59. The van der Waals surface area contributed by atoms with E-state index in [1.807, 2.05) is 18.2 Å². The molecule has 0 saturated heterocycles. The van der Waals surface area contributed by atoms with Crippen molar-refractivity contribution in [2.75, 3.05) is 44.8 Å². The lowest BCUT2D eigenvalue weighted by atomic mass is 10.1. The fourth-order valence-corrected chi connectivity index (χ4v) is 4.60. The van der Waals surface area contributed by atoms with Gasteiger partial charge in [0, 0.05) is 13.1 Å². The van der Waals surface area contributed by atoms with Crippen LogP contribution < -0.4 is 14.4 Å². The van der Waals surface area contributed by atoms with Crippen LogP contribution in [0.25, 0.3) is 10.2 Å². The van der Waals surface area contributed by atoms with E-state index in [4.69, 9.17) is 14.5 Å². The van der Waals surface area contributed by atoms with Crippen molar-refractivity contribution in [3.8, 4) is 11.5 Å². The van der Waals surface area contributed by atoms with Crippen molar-refractivity contribution in [1.29, 1.82) is 0 Å². The molecule has 0 aliphatic heterocycles. The first-order valence-corrected chi connectivity index (χ1v) is 11.4. The third-order valence-corrected chi connectivity index (χ3v) is 6.52. The Kier molecular flexibility index (Phi) is 9.75. The number of hydrogen-bond donors (Lipinski definition) is 0. The van der Waals surface area contributed by atoms with Gasteiger partial charge in [-0.2, -0.15) is 0 Å². The van der Waals surface area contributed by atoms with E-state index in [9.17, 15) is 4.79 Å². The number of methoxy groups -OCH3 is 1. The van der Waals surface area contributed by atoms with E-state index >= 15 is 0 Å².